The molecule has 0 aliphatic rings. The Hall–Kier alpha value is -3.97. The minimum atomic E-state index is -0.395. The summed E-state index contributed by atoms with van der Waals surface area (Å²) in [5, 5.41) is 10.7. The molecule has 0 saturated carbocycles. The number of ketones is 1. The van der Waals surface area contributed by atoms with E-state index in [0.717, 1.165) is 16.7 Å². The van der Waals surface area contributed by atoms with Crippen LogP contribution in [-0.4, -0.2) is 17.4 Å². The van der Waals surface area contributed by atoms with Crippen molar-refractivity contribution in [3.05, 3.63) is 92.8 Å². The molecule has 1 aromatic heterocycles. The summed E-state index contributed by atoms with van der Waals surface area (Å²) in [6.07, 6.45) is 2.96. The number of carbonyl (C=O) groups is 2. The molecule has 4 aromatic rings. The molecule has 0 atom stereocenters. The fraction of sp³-hybridized carbons (Fsp3) is 0.143. The molecule has 4 rings (SSSR count). The van der Waals surface area contributed by atoms with Crippen LogP contribution in [0.2, 0.25) is 0 Å². The highest BCUT2D eigenvalue weighted by atomic mass is 32.1. The second kappa shape index (κ2) is 9.72. The van der Waals surface area contributed by atoms with E-state index in [4.69, 9.17) is 4.74 Å². The average Bonchev–Trinajstić information content (AvgIpc) is 3.13. The molecule has 0 bridgehead atoms. The molecule has 1 heterocycles. The van der Waals surface area contributed by atoms with Gasteiger partial charge in [0.15, 0.2) is 5.75 Å². The Morgan fingerprint density at radius 2 is 1.60 bits per heavy atom. The van der Waals surface area contributed by atoms with E-state index < -0.39 is 5.82 Å². The zero-order valence-corrected chi connectivity index (χ0v) is 20.5. The highest BCUT2D eigenvalue weighted by Gasteiger charge is 2.25. The van der Waals surface area contributed by atoms with Gasteiger partial charge in [-0.05, 0) is 104 Å². The highest BCUT2D eigenvalue weighted by Crippen LogP contribution is 2.44. The number of fused-ring (bicyclic) bond motifs is 1. The fourth-order valence-corrected chi connectivity index (χ4v) is 5.30. The lowest BCUT2D eigenvalue weighted by Crippen LogP contribution is -2.07. The average molecular weight is 491 g/mol. The zero-order chi connectivity index (χ0) is 25.3. The van der Waals surface area contributed by atoms with Crippen molar-refractivity contribution in [1.82, 2.24) is 0 Å². The molecule has 0 fully saturated rings. The standard InChI is InChI=1S/C28H23FO5S/c1-15-11-20(29)12-16(2)24(15)25(32)28-27(22-6-5-21(31)13-23(22)35-28)34-26-17(3)9-19(10-18(26)4)7-8-33-14-30/h5-14,31H,1-4H3/b8-7+. The topological polar surface area (TPSA) is 72.8 Å². The van der Waals surface area contributed by atoms with Gasteiger partial charge in [-0.25, -0.2) is 4.39 Å². The number of phenolic OH excluding ortho intramolecular Hbond substituents is 1. The summed E-state index contributed by atoms with van der Waals surface area (Å²) in [4.78, 5) is 24.5. The van der Waals surface area contributed by atoms with Gasteiger partial charge in [0.25, 0.3) is 6.47 Å². The minimum Gasteiger partial charge on any atom is -0.508 e. The Bertz CT molecular complexity index is 1450. The monoisotopic (exact) mass is 490 g/mol. The molecule has 0 spiro atoms. The normalized spacial score (nSPS) is 11.2. The molecule has 5 nitrogen and oxygen atoms in total. The van der Waals surface area contributed by atoms with Crippen LogP contribution >= 0.6 is 11.3 Å². The lowest BCUT2D eigenvalue weighted by molar-refractivity contribution is -0.123. The Morgan fingerprint density at radius 3 is 2.23 bits per heavy atom. The van der Waals surface area contributed by atoms with Crippen LogP contribution in [0.4, 0.5) is 4.39 Å². The van der Waals surface area contributed by atoms with Crippen molar-refractivity contribution in [2.45, 2.75) is 27.7 Å². The summed E-state index contributed by atoms with van der Waals surface area (Å²) in [6, 6.07) is 11.3. The van der Waals surface area contributed by atoms with Crippen LogP contribution in [0.3, 0.4) is 0 Å². The summed E-state index contributed by atoms with van der Waals surface area (Å²) in [5.41, 5.74) is 3.97. The number of aromatic hydroxyl groups is 1. The van der Waals surface area contributed by atoms with Crippen molar-refractivity contribution in [2.75, 3.05) is 0 Å². The van der Waals surface area contributed by atoms with E-state index in [1.807, 2.05) is 26.0 Å². The molecule has 35 heavy (non-hydrogen) atoms. The number of ether oxygens (including phenoxy) is 2. The first-order valence-electron chi connectivity index (χ1n) is 10.8. The maximum atomic E-state index is 13.9. The lowest BCUT2D eigenvalue weighted by atomic mass is 9.97. The summed E-state index contributed by atoms with van der Waals surface area (Å²) < 4.78 is 25.6. The van der Waals surface area contributed by atoms with E-state index in [0.29, 0.717) is 49.6 Å². The summed E-state index contributed by atoms with van der Waals surface area (Å²) in [5.74, 6) is 0.397. The van der Waals surface area contributed by atoms with Gasteiger partial charge >= 0.3 is 0 Å². The number of aryl methyl sites for hydroxylation is 4. The van der Waals surface area contributed by atoms with E-state index in [1.54, 1.807) is 38.1 Å². The molecule has 0 aliphatic carbocycles. The molecule has 1 N–H and O–H groups in total. The SMILES string of the molecule is Cc1cc(/C=C/OC=O)cc(C)c1Oc1c(C(=O)c2c(C)cc(F)cc2C)sc2cc(O)ccc12. The zero-order valence-electron chi connectivity index (χ0n) is 19.6. The quantitative estimate of drug-likeness (QED) is 0.169. The number of phenols is 1. The summed E-state index contributed by atoms with van der Waals surface area (Å²) >= 11 is 1.22. The van der Waals surface area contributed by atoms with Crippen LogP contribution in [0.1, 0.15) is 43.1 Å². The number of thiophene rings is 1. The van der Waals surface area contributed by atoms with Crippen molar-refractivity contribution in [1.29, 1.82) is 0 Å². The van der Waals surface area contributed by atoms with Crippen molar-refractivity contribution in [3.63, 3.8) is 0 Å². The van der Waals surface area contributed by atoms with Crippen molar-refractivity contribution < 1.29 is 28.6 Å². The number of hydrogen-bond acceptors (Lipinski definition) is 6. The van der Waals surface area contributed by atoms with Gasteiger partial charge in [-0.2, -0.15) is 0 Å². The predicted molar refractivity (Wildman–Crippen MR) is 135 cm³/mol. The Balaban J connectivity index is 1.85. The number of halogens is 1. The Morgan fingerprint density at radius 1 is 0.943 bits per heavy atom. The van der Waals surface area contributed by atoms with E-state index >= 15 is 0 Å². The smallest absolute Gasteiger partial charge is 0.297 e. The van der Waals surface area contributed by atoms with Crippen LogP contribution in [0.25, 0.3) is 16.2 Å². The van der Waals surface area contributed by atoms with Crippen LogP contribution in [-0.2, 0) is 9.53 Å². The van der Waals surface area contributed by atoms with Gasteiger partial charge in [0.05, 0.1) is 6.26 Å². The van der Waals surface area contributed by atoms with Gasteiger partial charge in [-0.1, -0.05) is 0 Å². The largest absolute Gasteiger partial charge is 0.508 e. The second-order valence-corrected chi connectivity index (χ2v) is 9.36. The molecule has 0 radical (unpaired) electrons. The predicted octanol–water partition coefficient (Wildman–Crippen LogP) is 7.15. The third kappa shape index (κ3) is 4.81. The molecule has 7 heteroatoms. The Labute approximate surface area is 206 Å². The van der Waals surface area contributed by atoms with Gasteiger partial charge in [0.1, 0.15) is 22.2 Å². The molecule has 178 valence electrons. The first-order chi connectivity index (χ1) is 16.7. The second-order valence-electron chi connectivity index (χ2n) is 8.31. The lowest BCUT2D eigenvalue weighted by Gasteiger charge is -2.15. The van der Waals surface area contributed by atoms with Crippen molar-refractivity contribution >= 4 is 39.8 Å². The molecular weight excluding hydrogens is 467 g/mol. The van der Waals surface area contributed by atoms with E-state index in [-0.39, 0.29) is 11.5 Å². The third-order valence-electron chi connectivity index (χ3n) is 5.64. The number of rotatable bonds is 7. The first-order valence-corrected chi connectivity index (χ1v) is 11.6. The molecule has 0 amide bonds. The highest BCUT2D eigenvalue weighted by molar-refractivity contribution is 7.21. The van der Waals surface area contributed by atoms with Gasteiger partial charge in [0.2, 0.25) is 5.78 Å². The maximum absolute atomic E-state index is 13.9. The van der Waals surface area contributed by atoms with E-state index in [9.17, 15) is 19.1 Å². The summed E-state index contributed by atoms with van der Waals surface area (Å²) in [7, 11) is 0. The molecule has 3 aromatic carbocycles. The van der Waals surface area contributed by atoms with Crippen molar-refractivity contribution in [3.8, 4) is 17.2 Å². The number of benzene rings is 3. The number of hydrogen-bond donors (Lipinski definition) is 1. The van der Waals surface area contributed by atoms with Crippen LogP contribution in [0, 0.1) is 33.5 Å². The fourth-order valence-electron chi connectivity index (χ4n) is 4.19. The van der Waals surface area contributed by atoms with Crippen LogP contribution in [0.5, 0.6) is 17.2 Å². The maximum Gasteiger partial charge on any atom is 0.297 e. The Kier molecular flexibility index (Phi) is 6.71. The third-order valence-corrected chi connectivity index (χ3v) is 6.77. The van der Waals surface area contributed by atoms with Crippen molar-refractivity contribution in [2.24, 2.45) is 0 Å². The van der Waals surface area contributed by atoms with Crippen LogP contribution in [0.15, 0.2) is 48.7 Å². The van der Waals surface area contributed by atoms with E-state index in [2.05, 4.69) is 4.74 Å². The van der Waals surface area contributed by atoms with E-state index in [1.165, 1.54) is 29.7 Å². The van der Waals surface area contributed by atoms with Gasteiger partial charge in [0, 0.05) is 15.6 Å². The molecule has 0 unspecified atom stereocenters. The molecular formula is C28H23FO5S. The molecule has 0 aliphatic heterocycles. The number of carbonyl (C=O) groups excluding carboxylic acids is 2. The van der Waals surface area contributed by atoms with Gasteiger partial charge in [-0.3, -0.25) is 9.59 Å². The minimum absolute atomic E-state index is 0.0829. The molecule has 0 saturated heterocycles. The first kappa shape index (κ1) is 24.2. The summed E-state index contributed by atoms with van der Waals surface area (Å²) in [6.45, 7) is 7.53. The van der Waals surface area contributed by atoms with Gasteiger partial charge < -0.3 is 14.6 Å². The van der Waals surface area contributed by atoms with Gasteiger partial charge in [-0.15, -0.1) is 11.3 Å². The van der Waals surface area contributed by atoms with Crippen LogP contribution < -0.4 is 4.74 Å².